The van der Waals surface area contributed by atoms with Crippen molar-refractivity contribution < 1.29 is 4.39 Å². The SMILES string of the molecule is CSc1c(F)cccc1[C@@H](C)N. The van der Waals surface area contributed by atoms with E-state index < -0.39 is 0 Å². The minimum atomic E-state index is -0.183. The Kier molecular flexibility index (Phi) is 3.12. The minimum Gasteiger partial charge on any atom is -0.324 e. The lowest BCUT2D eigenvalue weighted by Crippen LogP contribution is -2.07. The first-order valence-electron chi connectivity index (χ1n) is 3.74. The molecule has 1 nitrogen and oxygen atoms in total. The average Bonchev–Trinajstić information content (AvgIpc) is 2.03. The molecule has 0 aliphatic carbocycles. The van der Waals surface area contributed by atoms with Crippen LogP contribution in [0.1, 0.15) is 18.5 Å². The standard InChI is InChI=1S/C9H12FNS/c1-6(11)7-4-3-5-8(10)9(7)12-2/h3-6H,11H2,1-2H3/t6-/m1/s1. The molecule has 0 saturated heterocycles. The van der Waals surface area contributed by atoms with Crippen LogP contribution in [0.25, 0.3) is 0 Å². The van der Waals surface area contributed by atoms with Gasteiger partial charge in [-0.25, -0.2) is 4.39 Å². The van der Waals surface area contributed by atoms with E-state index in [-0.39, 0.29) is 11.9 Å². The Bertz CT molecular complexity index is 273. The summed E-state index contributed by atoms with van der Waals surface area (Å²) in [4.78, 5) is 0.660. The van der Waals surface area contributed by atoms with Gasteiger partial charge in [-0.3, -0.25) is 0 Å². The summed E-state index contributed by atoms with van der Waals surface area (Å²) in [6.07, 6.45) is 1.85. The normalized spacial score (nSPS) is 13.0. The highest BCUT2D eigenvalue weighted by molar-refractivity contribution is 7.98. The van der Waals surface area contributed by atoms with Crippen LogP contribution in [0.5, 0.6) is 0 Å². The van der Waals surface area contributed by atoms with Gasteiger partial charge in [0, 0.05) is 10.9 Å². The van der Waals surface area contributed by atoms with Gasteiger partial charge in [-0.05, 0) is 24.8 Å². The van der Waals surface area contributed by atoms with Crippen molar-refractivity contribution in [3.63, 3.8) is 0 Å². The van der Waals surface area contributed by atoms with Gasteiger partial charge < -0.3 is 5.73 Å². The molecule has 1 atom stereocenters. The number of rotatable bonds is 2. The van der Waals surface area contributed by atoms with Gasteiger partial charge in [-0.2, -0.15) is 0 Å². The molecule has 0 aliphatic rings. The van der Waals surface area contributed by atoms with Crippen molar-refractivity contribution in [2.24, 2.45) is 5.73 Å². The molecule has 0 aromatic heterocycles. The molecule has 0 amide bonds. The van der Waals surface area contributed by atoms with E-state index >= 15 is 0 Å². The minimum absolute atomic E-state index is 0.108. The molecule has 66 valence electrons. The van der Waals surface area contributed by atoms with Crippen LogP contribution in [0, 0.1) is 5.82 Å². The monoisotopic (exact) mass is 185 g/mol. The number of halogens is 1. The number of hydrogen-bond acceptors (Lipinski definition) is 2. The lowest BCUT2D eigenvalue weighted by molar-refractivity contribution is 0.592. The summed E-state index contributed by atoms with van der Waals surface area (Å²) in [5.74, 6) is -0.183. The Morgan fingerprint density at radius 2 is 2.17 bits per heavy atom. The fraction of sp³-hybridized carbons (Fsp3) is 0.333. The van der Waals surface area contributed by atoms with Crippen LogP contribution in [-0.4, -0.2) is 6.26 Å². The summed E-state index contributed by atoms with van der Waals surface area (Å²) in [6.45, 7) is 1.86. The van der Waals surface area contributed by atoms with Gasteiger partial charge in [0.1, 0.15) is 5.82 Å². The van der Waals surface area contributed by atoms with E-state index in [1.807, 2.05) is 19.2 Å². The van der Waals surface area contributed by atoms with Crippen molar-refractivity contribution >= 4 is 11.8 Å². The lowest BCUT2D eigenvalue weighted by Gasteiger charge is -2.10. The third-order valence-electron chi connectivity index (χ3n) is 1.69. The predicted molar refractivity (Wildman–Crippen MR) is 50.8 cm³/mol. The van der Waals surface area contributed by atoms with E-state index in [9.17, 15) is 4.39 Å². The topological polar surface area (TPSA) is 26.0 Å². The van der Waals surface area contributed by atoms with Crippen LogP contribution in [0.3, 0.4) is 0 Å². The van der Waals surface area contributed by atoms with Gasteiger partial charge in [-0.15, -0.1) is 11.8 Å². The second-order valence-electron chi connectivity index (χ2n) is 2.65. The molecular weight excluding hydrogens is 173 g/mol. The summed E-state index contributed by atoms with van der Waals surface area (Å²) >= 11 is 1.40. The maximum Gasteiger partial charge on any atom is 0.137 e. The Hall–Kier alpha value is -0.540. The van der Waals surface area contributed by atoms with Gasteiger partial charge in [0.2, 0.25) is 0 Å². The first-order valence-corrected chi connectivity index (χ1v) is 4.97. The van der Waals surface area contributed by atoms with E-state index in [4.69, 9.17) is 5.73 Å². The maximum absolute atomic E-state index is 13.1. The molecule has 0 heterocycles. The third-order valence-corrected chi connectivity index (χ3v) is 2.53. The van der Waals surface area contributed by atoms with Crippen molar-refractivity contribution in [3.8, 4) is 0 Å². The highest BCUT2D eigenvalue weighted by Gasteiger charge is 2.09. The summed E-state index contributed by atoms with van der Waals surface area (Å²) in [6, 6.07) is 4.90. The molecule has 2 N–H and O–H groups in total. The number of thioether (sulfide) groups is 1. The summed E-state index contributed by atoms with van der Waals surface area (Å²) in [5.41, 5.74) is 6.56. The van der Waals surface area contributed by atoms with Crippen LogP contribution in [-0.2, 0) is 0 Å². The van der Waals surface area contributed by atoms with Crippen LogP contribution in [0.4, 0.5) is 4.39 Å². The second-order valence-corrected chi connectivity index (χ2v) is 3.47. The smallest absolute Gasteiger partial charge is 0.137 e. The Morgan fingerprint density at radius 1 is 1.50 bits per heavy atom. The Labute approximate surface area is 76.2 Å². The molecule has 0 fully saturated rings. The van der Waals surface area contributed by atoms with Crippen molar-refractivity contribution in [2.45, 2.75) is 17.9 Å². The van der Waals surface area contributed by atoms with Crippen molar-refractivity contribution in [1.29, 1.82) is 0 Å². The summed E-state index contributed by atoms with van der Waals surface area (Å²) in [7, 11) is 0. The summed E-state index contributed by atoms with van der Waals surface area (Å²) < 4.78 is 13.1. The zero-order valence-corrected chi connectivity index (χ0v) is 7.99. The van der Waals surface area contributed by atoms with Crippen molar-refractivity contribution in [1.82, 2.24) is 0 Å². The summed E-state index contributed by atoms with van der Waals surface area (Å²) in [5, 5.41) is 0. The first kappa shape index (κ1) is 9.55. The zero-order chi connectivity index (χ0) is 9.14. The van der Waals surface area contributed by atoms with Gasteiger partial charge >= 0.3 is 0 Å². The van der Waals surface area contributed by atoms with Crippen LogP contribution in [0.15, 0.2) is 23.1 Å². The average molecular weight is 185 g/mol. The molecule has 1 aromatic carbocycles. The number of benzene rings is 1. The molecule has 12 heavy (non-hydrogen) atoms. The van der Waals surface area contributed by atoms with E-state index in [0.29, 0.717) is 4.90 Å². The lowest BCUT2D eigenvalue weighted by atomic mass is 10.1. The predicted octanol–water partition coefficient (Wildman–Crippen LogP) is 2.57. The highest BCUT2D eigenvalue weighted by Crippen LogP contribution is 2.27. The number of hydrogen-bond donors (Lipinski definition) is 1. The van der Waals surface area contributed by atoms with Gasteiger partial charge in [-0.1, -0.05) is 12.1 Å². The van der Waals surface area contributed by atoms with E-state index in [0.717, 1.165) is 5.56 Å². The van der Waals surface area contributed by atoms with Gasteiger partial charge in [0.25, 0.3) is 0 Å². The molecule has 1 aromatic rings. The quantitative estimate of drug-likeness (QED) is 0.717. The Morgan fingerprint density at radius 3 is 2.58 bits per heavy atom. The van der Waals surface area contributed by atoms with Crippen molar-refractivity contribution in [2.75, 3.05) is 6.26 Å². The second kappa shape index (κ2) is 3.92. The molecule has 0 saturated carbocycles. The molecule has 0 aliphatic heterocycles. The maximum atomic E-state index is 13.1. The molecule has 1 rings (SSSR count). The fourth-order valence-electron chi connectivity index (χ4n) is 1.10. The molecule has 0 radical (unpaired) electrons. The molecule has 0 spiro atoms. The number of nitrogens with two attached hydrogens (primary N) is 1. The largest absolute Gasteiger partial charge is 0.324 e. The Balaban J connectivity index is 3.18. The van der Waals surface area contributed by atoms with E-state index in [1.54, 1.807) is 6.07 Å². The van der Waals surface area contributed by atoms with Crippen LogP contribution in [0.2, 0.25) is 0 Å². The van der Waals surface area contributed by atoms with Crippen LogP contribution >= 0.6 is 11.8 Å². The van der Waals surface area contributed by atoms with E-state index in [1.165, 1.54) is 17.8 Å². The van der Waals surface area contributed by atoms with E-state index in [2.05, 4.69) is 0 Å². The van der Waals surface area contributed by atoms with Crippen LogP contribution < -0.4 is 5.73 Å². The van der Waals surface area contributed by atoms with Gasteiger partial charge in [0.05, 0.1) is 0 Å². The fourth-order valence-corrected chi connectivity index (χ4v) is 1.85. The zero-order valence-electron chi connectivity index (χ0n) is 7.17. The molecule has 0 unspecified atom stereocenters. The molecular formula is C9H12FNS. The van der Waals surface area contributed by atoms with Crippen molar-refractivity contribution in [3.05, 3.63) is 29.6 Å². The molecule has 0 bridgehead atoms. The first-order chi connectivity index (χ1) is 5.66. The highest BCUT2D eigenvalue weighted by atomic mass is 32.2. The van der Waals surface area contributed by atoms with Gasteiger partial charge in [0.15, 0.2) is 0 Å². The molecule has 3 heteroatoms. The third kappa shape index (κ3) is 1.79.